The van der Waals surface area contributed by atoms with E-state index in [1.165, 1.54) is 18.2 Å². The molecule has 0 fully saturated rings. The molecule has 4 rings (SSSR count). The molecule has 0 aliphatic rings. The highest BCUT2D eigenvalue weighted by Crippen LogP contribution is 2.38. The summed E-state index contributed by atoms with van der Waals surface area (Å²) in [6, 6.07) is 8.29. The summed E-state index contributed by atoms with van der Waals surface area (Å²) in [5.41, 5.74) is -2.70. The van der Waals surface area contributed by atoms with Crippen molar-refractivity contribution < 1.29 is 74.9 Å². The van der Waals surface area contributed by atoms with E-state index in [0.717, 1.165) is 37.3 Å². The van der Waals surface area contributed by atoms with Gasteiger partial charge in [0.2, 0.25) is 5.75 Å². The molecule has 0 radical (unpaired) electrons. The molecule has 58 heavy (non-hydrogen) atoms. The maximum absolute atomic E-state index is 14.1. The Hall–Kier alpha value is -4.90. The fourth-order valence-electron chi connectivity index (χ4n) is 4.21. The molecule has 0 aliphatic carbocycles. The third-order valence-corrected chi connectivity index (χ3v) is 8.32. The van der Waals surface area contributed by atoms with E-state index in [9.17, 15) is 55.4 Å². The van der Waals surface area contributed by atoms with Crippen LogP contribution in [0, 0.1) is 22.9 Å². The molecule has 0 spiro atoms. The number of hydrogen-bond donors (Lipinski definition) is 5. The van der Waals surface area contributed by atoms with Gasteiger partial charge in [0.05, 0.1) is 34.9 Å². The largest absolute Gasteiger partial charge is 0.487 e. The van der Waals surface area contributed by atoms with Crippen LogP contribution in [0.1, 0.15) is 30.4 Å². The number of carboxylic acid groups (broad SMARTS) is 2. The van der Waals surface area contributed by atoms with E-state index in [0.29, 0.717) is 4.68 Å². The SMILES string of the molecule is CCOc1cc(Oc2ccc(C(F)(F)F)cc2Cl)ccc1[N+](=O)[O-].Cc1nn(-c2cc(CC(Cl)C(=O)O)c(Cl)cc2F)c(=O)n1C(F)F.O=C(O)CNCP(=O)(O)O. The first-order chi connectivity index (χ1) is 26.8. The van der Waals surface area contributed by atoms with E-state index < -0.39 is 78.1 Å². The standard InChI is InChI=1S/C15H11ClF3NO4.C13H10Cl2F3N3O3.C3H8NO5P/c1-2-23-14-8-10(4-5-12(14)20(21)22)24-13-6-3-9(7-11(13)16)15(17,18)19;1-5-19-21(13(24)20(5)12(17)18)10-3-6(2-8(15)11(22)23)7(14)4-9(10)16;5-3(6)1-4-2-10(7,8)9/h3-8H,2H2,1H3;3-4,8,12H,2H2,1H3,(H,22,23);4H,1-2H2,(H,5,6)(H2,7,8,9). The topological polar surface area (TPSA) is 246 Å². The molecule has 17 nitrogen and oxygen atoms in total. The minimum atomic E-state index is -4.52. The lowest BCUT2D eigenvalue weighted by Crippen LogP contribution is -2.25. The Labute approximate surface area is 336 Å². The van der Waals surface area contributed by atoms with E-state index in [4.69, 9.17) is 64.3 Å². The first kappa shape index (κ1) is 49.2. The van der Waals surface area contributed by atoms with Crippen molar-refractivity contribution >= 4 is 60.0 Å². The number of benzene rings is 3. The quantitative estimate of drug-likeness (QED) is 0.0281. The summed E-state index contributed by atoms with van der Waals surface area (Å²) < 4.78 is 98.8. The number of halogens is 9. The zero-order valence-corrected chi connectivity index (χ0v) is 32.5. The Morgan fingerprint density at radius 3 is 2.17 bits per heavy atom. The number of nitrogens with one attached hydrogen (secondary N) is 1. The van der Waals surface area contributed by atoms with Gasteiger partial charge in [-0.1, -0.05) is 23.2 Å². The number of hydrogen-bond acceptors (Lipinski definition) is 10. The highest BCUT2D eigenvalue weighted by molar-refractivity contribution is 7.51. The summed E-state index contributed by atoms with van der Waals surface area (Å²) in [5, 5.41) is 31.7. The summed E-state index contributed by atoms with van der Waals surface area (Å²) in [7, 11) is -4.10. The fraction of sp³-hybridized carbons (Fsp3) is 0.290. The molecular formula is C31H29Cl3F6N5O12P. The Balaban J connectivity index is 0.000000326. The monoisotopic (exact) mass is 913 g/mol. The molecule has 3 aromatic carbocycles. The second-order valence-electron chi connectivity index (χ2n) is 11.0. The smallest absolute Gasteiger partial charge is 0.416 e. The maximum Gasteiger partial charge on any atom is 0.416 e. The lowest BCUT2D eigenvalue weighted by atomic mass is 10.1. The third-order valence-electron chi connectivity index (χ3n) is 6.70. The van der Waals surface area contributed by atoms with Gasteiger partial charge in [-0.15, -0.1) is 16.7 Å². The van der Waals surface area contributed by atoms with E-state index in [1.54, 1.807) is 6.92 Å². The molecule has 1 heterocycles. The van der Waals surface area contributed by atoms with Crippen LogP contribution in [0.5, 0.6) is 17.2 Å². The zero-order chi connectivity index (χ0) is 44.3. The molecule has 1 aromatic heterocycles. The molecule has 1 atom stereocenters. The first-order valence-corrected chi connectivity index (χ1v) is 18.5. The lowest BCUT2D eigenvalue weighted by molar-refractivity contribution is -0.385. The van der Waals surface area contributed by atoms with Crippen LogP contribution in [-0.4, -0.2) is 76.0 Å². The number of rotatable bonds is 14. The molecule has 5 N–H and O–H groups in total. The molecule has 0 saturated heterocycles. The van der Waals surface area contributed by atoms with Gasteiger partial charge in [-0.3, -0.25) is 29.6 Å². The zero-order valence-electron chi connectivity index (χ0n) is 29.3. The number of alkyl halides is 6. The highest BCUT2D eigenvalue weighted by Gasteiger charge is 2.31. The average molecular weight is 915 g/mol. The van der Waals surface area contributed by atoms with Gasteiger partial charge in [-0.05, 0) is 55.8 Å². The molecule has 0 bridgehead atoms. The highest BCUT2D eigenvalue weighted by atomic mass is 35.5. The van der Waals surface area contributed by atoms with Crippen LogP contribution < -0.4 is 20.5 Å². The predicted molar refractivity (Wildman–Crippen MR) is 193 cm³/mol. The predicted octanol–water partition coefficient (Wildman–Crippen LogP) is 7.02. The normalized spacial score (nSPS) is 11.8. The van der Waals surface area contributed by atoms with Crippen LogP contribution in [-0.2, 0) is 26.8 Å². The van der Waals surface area contributed by atoms with Gasteiger partial charge in [0, 0.05) is 23.6 Å². The maximum atomic E-state index is 14.1. The molecular weight excluding hydrogens is 886 g/mol. The number of aryl methyl sites for hydroxylation is 1. The van der Waals surface area contributed by atoms with E-state index in [2.05, 4.69) is 10.4 Å². The van der Waals surface area contributed by atoms with Crippen LogP contribution in [0.25, 0.3) is 5.69 Å². The fourth-order valence-corrected chi connectivity index (χ4v) is 5.23. The van der Waals surface area contributed by atoms with Gasteiger partial charge in [0.25, 0.3) is 0 Å². The number of nitro benzene ring substituents is 1. The molecule has 27 heteroatoms. The van der Waals surface area contributed by atoms with Gasteiger partial charge in [-0.2, -0.15) is 26.6 Å². The van der Waals surface area contributed by atoms with Crippen molar-refractivity contribution in [2.24, 2.45) is 0 Å². The summed E-state index contributed by atoms with van der Waals surface area (Å²) in [6.45, 7) is -0.557. The molecule has 0 amide bonds. The number of carbonyl (C=O) groups is 2. The van der Waals surface area contributed by atoms with Crippen LogP contribution in [0.3, 0.4) is 0 Å². The van der Waals surface area contributed by atoms with Crippen LogP contribution in [0.4, 0.5) is 32.0 Å². The number of aromatic nitrogens is 3. The van der Waals surface area contributed by atoms with Crippen molar-refractivity contribution in [1.29, 1.82) is 0 Å². The average Bonchev–Trinajstić information content (AvgIpc) is 3.39. The minimum absolute atomic E-state index is 0.0111. The summed E-state index contributed by atoms with van der Waals surface area (Å²) in [5.74, 6) is -3.63. The summed E-state index contributed by atoms with van der Waals surface area (Å²) in [6.07, 6.45) is -5.37. The Bertz CT molecular complexity index is 2220. The van der Waals surface area contributed by atoms with Crippen LogP contribution >= 0.6 is 42.4 Å². The van der Waals surface area contributed by atoms with Gasteiger partial charge in [0.1, 0.15) is 28.4 Å². The first-order valence-electron chi connectivity index (χ1n) is 15.5. The summed E-state index contributed by atoms with van der Waals surface area (Å²) in [4.78, 5) is 59.2. The van der Waals surface area contributed by atoms with Crippen LogP contribution in [0.15, 0.2) is 53.3 Å². The lowest BCUT2D eigenvalue weighted by Gasteiger charge is -2.12. The van der Waals surface area contributed by atoms with E-state index >= 15 is 0 Å². The van der Waals surface area contributed by atoms with Crippen molar-refractivity contribution in [1.82, 2.24) is 19.7 Å². The van der Waals surface area contributed by atoms with Crippen molar-refractivity contribution in [3.05, 3.63) is 102 Å². The number of ether oxygens (including phenoxy) is 2. The Morgan fingerprint density at radius 1 is 1.05 bits per heavy atom. The van der Waals surface area contributed by atoms with Gasteiger partial charge < -0.3 is 29.5 Å². The molecule has 4 aromatic rings. The number of nitrogens with zero attached hydrogens (tertiary/aromatic N) is 4. The molecule has 0 saturated carbocycles. The van der Waals surface area contributed by atoms with E-state index in [-0.39, 0.29) is 62.0 Å². The Morgan fingerprint density at radius 2 is 1.69 bits per heavy atom. The minimum Gasteiger partial charge on any atom is -0.487 e. The molecule has 318 valence electrons. The molecule has 1 unspecified atom stereocenters. The van der Waals surface area contributed by atoms with Gasteiger partial charge in [0.15, 0.2) is 5.82 Å². The van der Waals surface area contributed by atoms with Gasteiger partial charge >= 0.3 is 43.6 Å². The van der Waals surface area contributed by atoms with Crippen molar-refractivity contribution in [3.63, 3.8) is 0 Å². The molecule has 0 aliphatic heterocycles. The van der Waals surface area contributed by atoms with Crippen molar-refractivity contribution in [3.8, 4) is 22.9 Å². The third kappa shape index (κ3) is 14.8. The van der Waals surface area contributed by atoms with Crippen LogP contribution in [0.2, 0.25) is 10.0 Å². The Kier molecular flexibility index (Phi) is 18.0. The second kappa shape index (κ2) is 21.2. The number of carboxylic acids is 2. The van der Waals surface area contributed by atoms with E-state index in [1.807, 2.05) is 0 Å². The summed E-state index contributed by atoms with van der Waals surface area (Å²) >= 11 is 17.3. The van der Waals surface area contributed by atoms with Crippen molar-refractivity contribution in [2.45, 2.75) is 38.4 Å². The second-order valence-corrected chi connectivity index (χ2v) is 14.0. The number of aliphatic carboxylic acids is 2. The van der Waals surface area contributed by atoms with Crippen molar-refractivity contribution in [2.75, 3.05) is 19.4 Å². The number of nitro groups is 1. The van der Waals surface area contributed by atoms with Gasteiger partial charge in [-0.25, -0.2) is 13.8 Å².